The second-order valence-electron chi connectivity index (χ2n) is 1.73. The van der Waals surface area contributed by atoms with Crippen molar-refractivity contribution in [3.8, 4) is 0 Å². The summed E-state index contributed by atoms with van der Waals surface area (Å²) in [6.45, 7) is 0. The molecule has 1 aromatic rings. The highest BCUT2D eigenvalue weighted by molar-refractivity contribution is 5.92. The third-order valence-electron chi connectivity index (χ3n) is 1.06. The fourth-order valence-electron chi connectivity index (χ4n) is 0.602. The Labute approximate surface area is 69.7 Å². The number of primary amides is 1. The maximum Gasteiger partial charge on any atom is 0.248 e. The van der Waals surface area contributed by atoms with Crippen LogP contribution in [0, 0.1) is 0 Å². The summed E-state index contributed by atoms with van der Waals surface area (Å²) in [6, 6.07) is 8.76. The normalized spacial score (nSPS) is 6.67. The van der Waals surface area contributed by atoms with E-state index < -0.39 is 0 Å². The molecule has 0 aliphatic carbocycles. The van der Waals surface area contributed by atoms with Gasteiger partial charge >= 0.3 is 0 Å². The van der Waals surface area contributed by atoms with Gasteiger partial charge in [-0.25, -0.2) is 0 Å². The van der Waals surface area contributed by atoms with E-state index in [0.29, 0.717) is 5.56 Å². The number of amides is 1. The average Bonchev–Trinajstić information content (AvgIpc) is 1.90. The van der Waals surface area contributed by atoms with Crippen LogP contribution in [0.3, 0.4) is 0 Å². The molecular formula is C7H13NO4. The Balaban J connectivity index is -0.000000270. The Kier molecular flexibility index (Phi) is 10.8. The highest BCUT2D eigenvalue weighted by Gasteiger charge is 1.93. The molecule has 8 N–H and O–H groups in total. The van der Waals surface area contributed by atoms with Crippen molar-refractivity contribution in [2.45, 2.75) is 0 Å². The molecule has 0 unspecified atom stereocenters. The average molecular weight is 175 g/mol. The standard InChI is InChI=1S/C7H7NO.3H2O/c8-7(9)6-4-2-1-3-5-6;;;/h1-5H,(H2,8,9);3*1H2. The van der Waals surface area contributed by atoms with Gasteiger partial charge in [-0.1, -0.05) is 18.2 Å². The van der Waals surface area contributed by atoms with Crippen LogP contribution in [-0.2, 0) is 0 Å². The largest absolute Gasteiger partial charge is 0.412 e. The Morgan fingerprint density at radius 3 is 1.67 bits per heavy atom. The van der Waals surface area contributed by atoms with Crippen LogP contribution in [0.25, 0.3) is 0 Å². The molecule has 0 saturated carbocycles. The molecule has 0 bridgehead atoms. The van der Waals surface area contributed by atoms with Crippen molar-refractivity contribution in [3.05, 3.63) is 35.9 Å². The first-order valence-corrected chi connectivity index (χ1v) is 2.65. The summed E-state index contributed by atoms with van der Waals surface area (Å²) in [5.74, 6) is -0.379. The van der Waals surface area contributed by atoms with Gasteiger partial charge in [0.25, 0.3) is 0 Å². The van der Waals surface area contributed by atoms with Gasteiger partial charge in [-0.2, -0.15) is 0 Å². The van der Waals surface area contributed by atoms with E-state index in [1.807, 2.05) is 6.07 Å². The molecule has 0 fully saturated rings. The van der Waals surface area contributed by atoms with Crippen molar-refractivity contribution >= 4 is 5.91 Å². The number of carbonyl (C=O) groups is 1. The highest BCUT2D eigenvalue weighted by atomic mass is 16.1. The van der Waals surface area contributed by atoms with Crippen molar-refractivity contribution in [3.63, 3.8) is 0 Å². The van der Waals surface area contributed by atoms with Crippen LogP contribution in [0.2, 0.25) is 0 Å². The minimum atomic E-state index is -0.379. The van der Waals surface area contributed by atoms with Crippen molar-refractivity contribution in [1.29, 1.82) is 0 Å². The molecule has 1 rings (SSSR count). The van der Waals surface area contributed by atoms with E-state index in [9.17, 15) is 4.79 Å². The lowest BCUT2D eigenvalue weighted by molar-refractivity contribution is 0.100. The quantitative estimate of drug-likeness (QED) is 0.534. The molecule has 1 aromatic carbocycles. The summed E-state index contributed by atoms with van der Waals surface area (Å²) in [4.78, 5) is 10.4. The van der Waals surface area contributed by atoms with Crippen LogP contribution < -0.4 is 5.73 Å². The van der Waals surface area contributed by atoms with Gasteiger partial charge in [0.05, 0.1) is 0 Å². The fraction of sp³-hybridized carbons (Fsp3) is 0. The van der Waals surface area contributed by atoms with E-state index in [0.717, 1.165) is 0 Å². The topological polar surface area (TPSA) is 138 Å². The maximum atomic E-state index is 10.4. The van der Waals surface area contributed by atoms with Gasteiger partial charge in [-0.3, -0.25) is 4.79 Å². The molecular weight excluding hydrogens is 162 g/mol. The van der Waals surface area contributed by atoms with Crippen LogP contribution in [0.5, 0.6) is 0 Å². The zero-order valence-corrected chi connectivity index (χ0v) is 6.37. The first-order chi connectivity index (χ1) is 4.30. The second kappa shape index (κ2) is 7.67. The second-order valence-corrected chi connectivity index (χ2v) is 1.73. The number of rotatable bonds is 1. The molecule has 0 radical (unpaired) electrons. The number of hydrogen-bond acceptors (Lipinski definition) is 1. The van der Waals surface area contributed by atoms with E-state index in [4.69, 9.17) is 5.73 Å². The van der Waals surface area contributed by atoms with Gasteiger partial charge in [-0.15, -0.1) is 0 Å². The molecule has 0 aliphatic heterocycles. The minimum absolute atomic E-state index is 0. The summed E-state index contributed by atoms with van der Waals surface area (Å²) >= 11 is 0. The van der Waals surface area contributed by atoms with E-state index in [2.05, 4.69) is 0 Å². The van der Waals surface area contributed by atoms with Crippen molar-refractivity contribution < 1.29 is 21.2 Å². The zero-order valence-electron chi connectivity index (χ0n) is 6.37. The SMILES string of the molecule is NC(=O)c1ccccc1.O.O.O. The Bertz CT molecular complexity index is 212. The Morgan fingerprint density at radius 1 is 1.00 bits per heavy atom. The van der Waals surface area contributed by atoms with Crippen LogP contribution in [0.15, 0.2) is 30.3 Å². The molecule has 1 amide bonds. The molecule has 0 saturated heterocycles. The Morgan fingerprint density at radius 2 is 1.42 bits per heavy atom. The maximum absolute atomic E-state index is 10.4. The molecule has 0 atom stereocenters. The third-order valence-corrected chi connectivity index (χ3v) is 1.06. The first-order valence-electron chi connectivity index (χ1n) is 2.65. The summed E-state index contributed by atoms with van der Waals surface area (Å²) in [5.41, 5.74) is 5.53. The highest BCUT2D eigenvalue weighted by Crippen LogP contribution is 1.94. The first kappa shape index (κ1) is 16.9. The molecule has 70 valence electrons. The van der Waals surface area contributed by atoms with Gasteiger partial charge in [0.15, 0.2) is 0 Å². The molecule has 0 aliphatic rings. The number of nitrogens with two attached hydrogens (primary N) is 1. The lowest BCUT2D eigenvalue weighted by atomic mass is 10.2. The Hall–Kier alpha value is -1.43. The summed E-state index contributed by atoms with van der Waals surface area (Å²) in [6.07, 6.45) is 0. The van der Waals surface area contributed by atoms with E-state index >= 15 is 0 Å². The third kappa shape index (κ3) is 4.40. The predicted octanol–water partition coefficient (Wildman–Crippen LogP) is -1.69. The number of carbonyl (C=O) groups excluding carboxylic acids is 1. The monoisotopic (exact) mass is 175 g/mol. The fourth-order valence-corrected chi connectivity index (χ4v) is 0.602. The summed E-state index contributed by atoms with van der Waals surface area (Å²) in [5, 5.41) is 0. The van der Waals surface area contributed by atoms with Crippen LogP contribution >= 0.6 is 0 Å². The van der Waals surface area contributed by atoms with E-state index in [1.54, 1.807) is 24.3 Å². The van der Waals surface area contributed by atoms with E-state index in [1.165, 1.54) is 0 Å². The van der Waals surface area contributed by atoms with Gasteiger partial charge in [-0.05, 0) is 12.1 Å². The van der Waals surface area contributed by atoms with Gasteiger partial charge in [0, 0.05) is 5.56 Å². The molecule has 5 heteroatoms. The van der Waals surface area contributed by atoms with Crippen LogP contribution in [-0.4, -0.2) is 22.3 Å². The van der Waals surface area contributed by atoms with Crippen molar-refractivity contribution in [2.24, 2.45) is 5.73 Å². The summed E-state index contributed by atoms with van der Waals surface area (Å²) < 4.78 is 0. The molecule has 0 spiro atoms. The lowest BCUT2D eigenvalue weighted by Crippen LogP contribution is -2.09. The molecule has 12 heavy (non-hydrogen) atoms. The van der Waals surface area contributed by atoms with Crippen LogP contribution in [0.4, 0.5) is 0 Å². The zero-order chi connectivity index (χ0) is 6.69. The van der Waals surface area contributed by atoms with Gasteiger partial charge in [0.2, 0.25) is 5.91 Å². The van der Waals surface area contributed by atoms with Crippen molar-refractivity contribution in [1.82, 2.24) is 0 Å². The predicted molar refractivity (Wildman–Crippen MR) is 45.8 cm³/mol. The molecule has 5 nitrogen and oxygen atoms in total. The lowest BCUT2D eigenvalue weighted by Gasteiger charge is -1.89. The van der Waals surface area contributed by atoms with Gasteiger partial charge < -0.3 is 22.2 Å². The minimum Gasteiger partial charge on any atom is -0.412 e. The van der Waals surface area contributed by atoms with Crippen LogP contribution in [0.1, 0.15) is 10.4 Å². The molecule has 0 heterocycles. The smallest absolute Gasteiger partial charge is 0.248 e. The summed E-state index contributed by atoms with van der Waals surface area (Å²) in [7, 11) is 0. The number of hydrogen-bond donors (Lipinski definition) is 1. The van der Waals surface area contributed by atoms with Crippen molar-refractivity contribution in [2.75, 3.05) is 0 Å². The van der Waals surface area contributed by atoms with Gasteiger partial charge in [0.1, 0.15) is 0 Å². The number of benzene rings is 1. The molecule has 0 aromatic heterocycles. The van der Waals surface area contributed by atoms with E-state index in [-0.39, 0.29) is 22.3 Å².